The SMILES string of the molecule is CC(Br)(C(=O)O)c1cccc(C(F)(F)F)c1. The molecule has 6 heteroatoms. The summed E-state index contributed by atoms with van der Waals surface area (Å²) < 4.78 is 35.7. The van der Waals surface area contributed by atoms with Crippen molar-refractivity contribution in [1.82, 2.24) is 0 Å². The molecule has 1 aromatic rings. The standard InChI is InChI=1S/C10H8BrF3O2/c1-9(11,8(15)16)6-3-2-4-7(5-6)10(12,13)14/h2-5H,1H3,(H,15,16). The number of carboxylic acids is 1. The van der Waals surface area contributed by atoms with Crippen LogP contribution in [0.1, 0.15) is 18.1 Å². The molecule has 1 atom stereocenters. The van der Waals surface area contributed by atoms with E-state index >= 15 is 0 Å². The van der Waals surface area contributed by atoms with Gasteiger partial charge in [0, 0.05) is 0 Å². The minimum absolute atomic E-state index is 0.0508. The van der Waals surface area contributed by atoms with Crippen LogP contribution in [0.15, 0.2) is 24.3 Å². The number of hydrogen-bond acceptors (Lipinski definition) is 1. The highest BCUT2D eigenvalue weighted by atomic mass is 79.9. The molecule has 0 spiro atoms. The van der Waals surface area contributed by atoms with Crippen molar-refractivity contribution in [3.8, 4) is 0 Å². The predicted molar refractivity (Wildman–Crippen MR) is 55.4 cm³/mol. The second-order valence-electron chi connectivity index (χ2n) is 3.39. The van der Waals surface area contributed by atoms with Crippen LogP contribution in [-0.4, -0.2) is 11.1 Å². The minimum atomic E-state index is -4.47. The zero-order valence-electron chi connectivity index (χ0n) is 8.18. The molecule has 16 heavy (non-hydrogen) atoms. The van der Waals surface area contributed by atoms with Gasteiger partial charge in [-0.3, -0.25) is 4.79 Å². The summed E-state index contributed by atoms with van der Waals surface area (Å²) in [4.78, 5) is 10.9. The summed E-state index contributed by atoms with van der Waals surface area (Å²) in [6, 6.07) is 4.23. The van der Waals surface area contributed by atoms with E-state index in [2.05, 4.69) is 15.9 Å². The van der Waals surface area contributed by atoms with Gasteiger partial charge < -0.3 is 5.11 Å². The number of carboxylic acid groups (broad SMARTS) is 1. The summed E-state index contributed by atoms with van der Waals surface area (Å²) in [5.41, 5.74) is -0.813. The van der Waals surface area contributed by atoms with Crippen molar-refractivity contribution in [2.75, 3.05) is 0 Å². The molecule has 0 fully saturated rings. The molecule has 1 aromatic carbocycles. The molecule has 0 bridgehead atoms. The van der Waals surface area contributed by atoms with Gasteiger partial charge in [-0.2, -0.15) is 13.2 Å². The van der Waals surface area contributed by atoms with Gasteiger partial charge in [0.25, 0.3) is 0 Å². The number of alkyl halides is 4. The lowest BCUT2D eigenvalue weighted by Gasteiger charge is -2.18. The van der Waals surface area contributed by atoms with E-state index in [4.69, 9.17) is 5.11 Å². The quantitative estimate of drug-likeness (QED) is 0.849. The number of carbonyl (C=O) groups is 1. The lowest BCUT2D eigenvalue weighted by atomic mass is 9.99. The maximum atomic E-state index is 12.4. The lowest BCUT2D eigenvalue weighted by molar-refractivity contribution is -0.140. The van der Waals surface area contributed by atoms with Crippen LogP contribution in [0.3, 0.4) is 0 Å². The summed E-state index contributed by atoms with van der Waals surface area (Å²) in [6.45, 7) is 1.28. The van der Waals surface area contributed by atoms with Gasteiger partial charge in [-0.25, -0.2) is 0 Å². The van der Waals surface area contributed by atoms with Crippen molar-refractivity contribution in [3.63, 3.8) is 0 Å². The normalized spacial score (nSPS) is 15.6. The molecule has 0 aliphatic rings. The van der Waals surface area contributed by atoms with Crippen molar-refractivity contribution in [1.29, 1.82) is 0 Å². The van der Waals surface area contributed by atoms with Crippen molar-refractivity contribution in [2.45, 2.75) is 17.4 Å². The van der Waals surface area contributed by atoms with Crippen LogP contribution in [0, 0.1) is 0 Å². The second kappa shape index (κ2) is 4.08. The van der Waals surface area contributed by atoms with Gasteiger partial charge in [0.05, 0.1) is 5.56 Å². The maximum Gasteiger partial charge on any atom is 0.416 e. The average Bonchev–Trinajstić information content (AvgIpc) is 2.16. The third-order valence-corrected chi connectivity index (χ3v) is 2.93. The Hall–Kier alpha value is -1.04. The van der Waals surface area contributed by atoms with E-state index in [1.807, 2.05) is 0 Å². The molecule has 0 aromatic heterocycles. The molecule has 0 amide bonds. The average molecular weight is 297 g/mol. The number of aliphatic carboxylic acids is 1. The first-order valence-electron chi connectivity index (χ1n) is 4.26. The molecule has 1 unspecified atom stereocenters. The highest BCUT2D eigenvalue weighted by molar-refractivity contribution is 9.10. The van der Waals surface area contributed by atoms with Crippen molar-refractivity contribution >= 4 is 21.9 Å². The van der Waals surface area contributed by atoms with E-state index in [0.29, 0.717) is 0 Å². The molecule has 0 saturated carbocycles. The fourth-order valence-electron chi connectivity index (χ4n) is 1.11. The van der Waals surface area contributed by atoms with Crippen LogP contribution >= 0.6 is 15.9 Å². The monoisotopic (exact) mass is 296 g/mol. The van der Waals surface area contributed by atoms with Crippen molar-refractivity contribution in [2.24, 2.45) is 0 Å². The minimum Gasteiger partial charge on any atom is -0.480 e. The predicted octanol–water partition coefficient (Wildman–Crippen LogP) is 3.40. The van der Waals surface area contributed by atoms with Gasteiger partial charge in [0.15, 0.2) is 0 Å². The Labute approximate surface area is 98.2 Å². The molecule has 1 N–H and O–H groups in total. The Balaban J connectivity index is 3.23. The largest absolute Gasteiger partial charge is 0.480 e. The molecule has 0 aliphatic heterocycles. The summed E-state index contributed by atoms with van der Waals surface area (Å²) >= 11 is 2.89. The van der Waals surface area contributed by atoms with Crippen LogP contribution in [0.4, 0.5) is 13.2 Å². The van der Waals surface area contributed by atoms with Gasteiger partial charge in [0.2, 0.25) is 0 Å². The fraction of sp³-hybridized carbons (Fsp3) is 0.300. The highest BCUT2D eigenvalue weighted by Gasteiger charge is 2.35. The molecular formula is C10H8BrF3O2. The summed E-state index contributed by atoms with van der Waals surface area (Å²) in [5, 5.41) is 8.86. The first-order valence-corrected chi connectivity index (χ1v) is 5.05. The lowest BCUT2D eigenvalue weighted by Crippen LogP contribution is -2.25. The van der Waals surface area contributed by atoms with Gasteiger partial charge in [-0.05, 0) is 24.6 Å². The Morgan fingerprint density at radius 2 is 1.81 bits per heavy atom. The van der Waals surface area contributed by atoms with E-state index in [1.165, 1.54) is 19.1 Å². The Morgan fingerprint density at radius 3 is 2.25 bits per heavy atom. The number of rotatable bonds is 2. The number of halogens is 4. The zero-order chi connectivity index (χ0) is 12.6. The molecule has 1 rings (SSSR count). The fourth-order valence-corrected chi connectivity index (χ4v) is 1.36. The Kier molecular flexibility index (Phi) is 3.33. The van der Waals surface area contributed by atoms with E-state index in [-0.39, 0.29) is 5.56 Å². The van der Waals surface area contributed by atoms with E-state index in [9.17, 15) is 18.0 Å². The van der Waals surface area contributed by atoms with Crippen molar-refractivity contribution < 1.29 is 23.1 Å². The van der Waals surface area contributed by atoms with E-state index < -0.39 is 22.0 Å². The highest BCUT2D eigenvalue weighted by Crippen LogP contribution is 2.35. The van der Waals surface area contributed by atoms with Crippen LogP contribution in [0.2, 0.25) is 0 Å². The summed E-state index contributed by atoms with van der Waals surface area (Å²) in [6.07, 6.45) is -4.47. The molecule has 0 radical (unpaired) electrons. The van der Waals surface area contributed by atoms with E-state index in [1.54, 1.807) is 0 Å². The van der Waals surface area contributed by atoms with Gasteiger partial charge in [-0.1, -0.05) is 28.1 Å². The number of hydrogen-bond donors (Lipinski definition) is 1. The Bertz CT molecular complexity index is 413. The van der Waals surface area contributed by atoms with Gasteiger partial charge >= 0.3 is 12.1 Å². The third-order valence-electron chi connectivity index (χ3n) is 2.13. The van der Waals surface area contributed by atoms with Crippen LogP contribution in [-0.2, 0) is 15.3 Å². The molecule has 88 valence electrons. The molecule has 0 saturated heterocycles. The first-order chi connectivity index (χ1) is 7.15. The van der Waals surface area contributed by atoms with Crippen LogP contribution in [0.25, 0.3) is 0 Å². The summed E-state index contributed by atoms with van der Waals surface area (Å²) in [7, 11) is 0. The second-order valence-corrected chi connectivity index (χ2v) is 4.97. The maximum absolute atomic E-state index is 12.4. The zero-order valence-corrected chi connectivity index (χ0v) is 9.76. The van der Waals surface area contributed by atoms with Gasteiger partial charge in [0.1, 0.15) is 4.32 Å². The summed E-state index contributed by atoms with van der Waals surface area (Å²) in [5.74, 6) is -1.24. The molecule has 2 nitrogen and oxygen atoms in total. The topological polar surface area (TPSA) is 37.3 Å². The third kappa shape index (κ3) is 2.55. The van der Waals surface area contributed by atoms with Gasteiger partial charge in [-0.15, -0.1) is 0 Å². The van der Waals surface area contributed by atoms with Crippen LogP contribution < -0.4 is 0 Å². The Morgan fingerprint density at radius 1 is 1.31 bits per heavy atom. The molecule has 0 heterocycles. The van der Waals surface area contributed by atoms with E-state index in [0.717, 1.165) is 12.1 Å². The molecular weight excluding hydrogens is 289 g/mol. The first kappa shape index (κ1) is 13.0. The van der Waals surface area contributed by atoms with Crippen LogP contribution in [0.5, 0.6) is 0 Å². The molecule has 0 aliphatic carbocycles. The van der Waals surface area contributed by atoms with Crippen molar-refractivity contribution in [3.05, 3.63) is 35.4 Å². The smallest absolute Gasteiger partial charge is 0.416 e. The number of benzene rings is 1.